The van der Waals surface area contributed by atoms with E-state index in [1.165, 1.54) is 32.6 Å². The predicted octanol–water partition coefficient (Wildman–Crippen LogP) is 6.17. The highest BCUT2D eigenvalue weighted by Crippen LogP contribution is 2.39. The molecule has 2 N–H and O–H groups in total. The summed E-state index contributed by atoms with van der Waals surface area (Å²) in [5.74, 6) is 1.35. The second-order valence-corrected chi connectivity index (χ2v) is 7.34. The number of rotatable bonds is 9. The average Bonchev–Trinajstić information content (AvgIpc) is 2.60. The minimum Gasteiger partial charge on any atom is -0.491 e. The van der Waals surface area contributed by atoms with Crippen LogP contribution in [0.25, 0.3) is 0 Å². The second-order valence-electron chi connectivity index (χ2n) is 6.50. The fourth-order valence-electron chi connectivity index (χ4n) is 3.33. The zero-order valence-electron chi connectivity index (χ0n) is 14.6. The highest BCUT2D eigenvalue weighted by Gasteiger charge is 2.21. The summed E-state index contributed by atoms with van der Waals surface area (Å²) in [4.78, 5) is 0. The van der Waals surface area contributed by atoms with Crippen LogP contribution in [0.3, 0.4) is 0 Å². The van der Waals surface area contributed by atoms with Gasteiger partial charge in [0.15, 0.2) is 11.5 Å². The van der Waals surface area contributed by atoms with Gasteiger partial charge in [-0.25, -0.2) is 0 Å². The average molecular weight is 385 g/mol. The standard InChI is InChI=1S/C19H26Cl2N2O2/c1-24-19-16(21)11-14(20)12-18(19)25-15(9-10-22)7-8-17(23)13-5-3-2-4-6-13/h10-13,15,22-23H,2-9H2,1H3. The van der Waals surface area contributed by atoms with E-state index < -0.39 is 0 Å². The Labute approximate surface area is 159 Å². The van der Waals surface area contributed by atoms with Crippen molar-refractivity contribution < 1.29 is 9.47 Å². The Balaban J connectivity index is 2.01. The lowest BCUT2D eigenvalue weighted by atomic mass is 9.84. The number of methoxy groups -OCH3 is 1. The van der Waals surface area contributed by atoms with Gasteiger partial charge in [-0.05, 0) is 43.9 Å². The van der Waals surface area contributed by atoms with Crippen LogP contribution in [0.1, 0.15) is 51.4 Å². The second kappa shape index (κ2) is 10.0. The molecule has 1 aliphatic carbocycles. The van der Waals surface area contributed by atoms with E-state index in [1.807, 2.05) is 0 Å². The molecule has 1 aromatic carbocycles. The monoisotopic (exact) mass is 384 g/mol. The lowest BCUT2D eigenvalue weighted by molar-refractivity contribution is 0.193. The Morgan fingerprint density at radius 2 is 2.00 bits per heavy atom. The van der Waals surface area contributed by atoms with Crippen molar-refractivity contribution in [2.75, 3.05) is 7.11 Å². The smallest absolute Gasteiger partial charge is 0.179 e. The number of nitrogens with one attached hydrogen (secondary N) is 2. The van der Waals surface area contributed by atoms with E-state index in [1.54, 1.807) is 12.1 Å². The van der Waals surface area contributed by atoms with Crippen molar-refractivity contribution in [1.29, 1.82) is 10.8 Å². The molecule has 6 heteroatoms. The zero-order chi connectivity index (χ0) is 18.2. The van der Waals surface area contributed by atoms with Crippen molar-refractivity contribution in [2.24, 2.45) is 5.92 Å². The summed E-state index contributed by atoms with van der Waals surface area (Å²) in [6.07, 6.45) is 9.01. The molecule has 2 rings (SSSR count). The van der Waals surface area contributed by atoms with Crippen LogP contribution in [0.4, 0.5) is 0 Å². The molecular weight excluding hydrogens is 359 g/mol. The highest BCUT2D eigenvalue weighted by molar-refractivity contribution is 6.35. The minimum absolute atomic E-state index is 0.204. The van der Waals surface area contributed by atoms with Gasteiger partial charge in [0.1, 0.15) is 6.10 Å². The molecule has 1 unspecified atom stereocenters. The lowest BCUT2D eigenvalue weighted by Crippen LogP contribution is -2.22. The zero-order valence-corrected chi connectivity index (χ0v) is 16.1. The molecule has 0 radical (unpaired) electrons. The molecule has 1 aromatic rings. The van der Waals surface area contributed by atoms with E-state index in [0.717, 1.165) is 18.6 Å². The molecule has 0 amide bonds. The first-order valence-electron chi connectivity index (χ1n) is 8.81. The van der Waals surface area contributed by atoms with Gasteiger partial charge in [0.2, 0.25) is 0 Å². The molecule has 138 valence electrons. The molecule has 1 saturated carbocycles. The number of halogens is 2. The number of hydrogen-bond donors (Lipinski definition) is 2. The van der Waals surface area contributed by atoms with E-state index in [-0.39, 0.29) is 6.10 Å². The molecule has 0 heterocycles. The van der Waals surface area contributed by atoms with Crippen LogP contribution in [0.2, 0.25) is 10.0 Å². The summed E-state index contributed by atoms with van der Waals surface area (Å²) in [6.45, 7) is 0. The van der Waals surface area contributed by atoms with Crippen molar-refractivity contribution in [3.05, 3.63) is 22.2 Å². The van der Waals surface area contributed by atoms with Crippen molar-refractivity contribution in [3.63, 3.8) is 0 Å². The van der Waals surface area contributed by atoms with Gasteiger partial charge in [-0.3, -0.25) is 0 Å². The molecule has 25 heavy (non-hydrogen) atoms. The molecule has 0 aromatic heterocycles. The Kier molecular flexibility index (Phi) is 8.04. The minimum atomic E-state index is -0.204. The molecule has 0 aliphatic heterocycles. The Hall–Kier alpha value is -1.26. The van der Waals surface area contributed by atoms with Crippen molar-refractivity contribution in [2.45, 2.75) is 57.5 Å². The first kappa shape index (κ1) is 20.1. The predicted molar refractivity (Wildman–Crippen MR) is 104 cm³/mol. The first-order chi connectivity index (χ1) is 12.0. The van der Waals surface area contributed by atoms with Crippen LogP contribution < -0.4 is 9.47 Å². The summed E-state index contributed by atoms with van der Waals surface area (Å²) in [6, 6.07) is 3.29. The van der Waals surface area contributed by atoms with E-state index >= 15 is 0 Å². The van der Waals surface area contributed by atoms with E-state index in [2.05, 4.69) is 0 Å². The third kappa shape index (κ3) is 5.89. The van der Waals surface area contributed by atoms with Gasteiger partial charge < -0.3 is 20.3 Å². The summed E-state index contributed by atoms with van der Waals surface area (Å²) < 4.78 is 11.4. The summed E-state index contributed by atoms with van der Waals surface area (Å²) >= 11 is 12.2. The molecule has 0 spiro atoms. The van der Waals surface area contributed by atoms with Crippen LogP contribution >= 0.6 is 23.2 Å². The third-order valence-electron chi connectivity index (χ3n) is 4.69. The van der Waals surface area contributed by atoms with Crippen LogP contribution in [-0.4, -0.2) is 25.1 Å². The fourth-order valence-corrected chi connectivity index (χ4v) is 3.88. The van der Waals surface area contributed by atoms with Gasteiger partial charge in [0.25, 0.3) is 0 Å². The van der Waals surface area contributed by atoms with Gasteiger partial charge in [-0.15, -0.1) is 0 Å². The van der Waals surface area contributed by atoms with Crippen LogP contribution in [0.5, 0.6) is 11.5 Å². The summed E-state index contributed by atoms with van der Waals surface area (Å²) in [5, 5.41) is 16.6. The Bertz CT molecular complexity index is 601. The highest BCUT2D eigenvalue weighted by atomic mass is 35.5. The summed E-state index contributed by atoms with van der Waals surface area (Å²) in [5.41, 5.74) is 0.814. The summed E-state index contributed by atoms with van der Waals surface area (Å²) in [7, 11) is 1.53. The van der Waals surface area contributed by atoms with Gasteiger partial charge in [0.05, 0.1) is 12.1 Å². The van der Waals surface area contributed by atoms with E-state index in [9.17, 15) is 0 Å². The van der Waals surface area contributed by atoms with Gasteiger partial charge in [0, 0.05) is 23.2 Å². The van der Waals surface area contributed by atoms with Gasteiger partial charge in [-0.1, -0.05) is 42.5 Å². The Morgan fingerprint density at radius 1 is 1.28 bits per heavy atom. The van der Waals surface area contributed by atoms with Crippen molar-refractivity contribution in [1.82, 2.24) is 0 Å². The largest absolute Gasteiger partial charge is 0.491 e. The van der Waals surface area contributed by atoms with Crippen LogP contribution in [0, 0.1) is 16.7 Å². The molecule has 4 nitrogen and oxygen atoms in total. The van der Waals surface area contributed by atoms with Crippen molar-refractivity contribution in [3.8, 4) is 11.5 Å². The van der Waals surface area contributed by atoms with Crippen molar-refractivity contribution >= 4 is 35.1 Å². The maximum atomic E-state index is 8.36. The van der Waals surface area contributed by atoms with E-state index in [4.69, 9.17) is 43.5 Å². The molecule has 1 aliphatic rings. The van der Waals surface area contributed by atoms with E-state index in [0.29, 0.717) is 46.7 Å². The van der Waals surface area contributed by atoms with Crippen LogP contribution in [-0.2, 0) is 0 Å². The number of ether oxygens (including phenoxy) is 2. The number of hydrogen-bond acceptors (Lipinski definition) is 4. The molecular formula is C19H26Cl2N2O2. The fraction of sp³-hybridized carbons (Fsp3) is 0.579. The molecule has 1 atom stereocenters. The first-order valence-corrected chi connectivity index (χ1v) is 9.56. The quantitative estimate of drug-likeness (QED) is 0.499. The Morgan fingerprint density at radius 3 is 2.64 bits per heavy atom. The molecule has 0 bridgehead atoms. The molecule has 0 saturated heterocycles. The maximum Gasteiger partial charge on any atom is 0.179 e. The van der Waals surface area contributed by atoms with Gasteiger partial charge in [-0.2, -0.15) is 0 Å². The normalized spacial score (nSPS) is 16.3. The SMILES string of the molecule is COc1c(Cl)cc(Cl)cc1OC(CC=N)CCC(=N)C1CCCCC1. The van der Waals surface area contributed by atoms with Crippen LogP contribution in [0.15, 0.2) is 12.1 Å². The number of benzene rings is 1. The lowest BCUT2D eigenvalue weighted by Gasteiger charge is -2.24. The van der Waals surface area contributed by atoms with Gasteiger partial charge >= 0.3 is 0 Å². The topological polar surface area (TPSA) is 66.2 Å². The molecule has 1 fully saturated rings. The maximum absolute atomic E-state index is 8.36. The third-order valence-corrected chi connectivity index (χ3v) is 5.19.